The molecule has 1 fully saturated rings. The molecule has 7 heteroatoms. The van der Waals surface area contributed by atoms with Gasteiger partial charge in [-0.25, -0.2) is 4.39 Å². The summed E-state index contributed by atoms with van der Waals surface area (Å²) >= 11 is 0. The van der Waals surface area contributed by atoms with E-state index in [1.54, 1.807) is 12.1 Å². The van der Waals surface area contributed by atoms with Gasteiger partial charge in [-0.3, -0.25) is 14.5 Å². The molecule has 1 aliphatic carbocycles. The summed E-state index contributed by atoms with van der Waals surface area (Å²) in [5, 5.41) is 0. The third-order valence-corrected chi connectivity index (χ3v) is 7.55. The molecule has 0 aromatic heterocycles. The molecule has 222 valence electrons. The van der Waals surface area contributed by atoms with E-state index in [0.717, 1.165) is 48.4 Å². The molecule has 0 bridgehead atoms. The topological polar surface area (TPSA) is 53.1 Å². The van der Waals surface area contributed by atoms with Gasteiger partial charge in [0.15, 0.2) is 0 Å². The van der Waals surface area contributed by atoms with Crippen LogP contribution in [0, 0.1) is 5.82 Å². The number of fused-ring (bicyclic) bond motifs is 1. The van der Waals surface area contributed by atoms with Crippen molar-refractivity contribution in [1.29, 1.82) is 0 Å². The second-order valence-electron chi connectivity index (χ2n) is 9.92. The summed E-state index contributed by atoms with van der Waals surface area (Å²) in [5.41, 5.74) is 2.86. The van der Waals surface area contributed by atoms with Gasteiger partial charge in [-0.15, -0.1) is 0 Å². The van der Waals surface area contributed by atoms with Gasteiger partial charge in [-0.1, -0.05) is 77.3 Å². The third kappa shape index (κ3) is 7.00. The highest BCUT2D eigenvalue weighted by Crippen LogP contribution is 2.44. The van der Waals surface area contributed by atoms with Crippen LogP contribution >= 0.6 is 0 Å². The van der Waals surface area contributed by atoms with Crippen molar-refractivity contribution < 1.29 is 18.7 Å². The number of halogens is 1. The zero-order valence-corrected chi connectivity index (χ0v) is 25.5. The van der Waals surface area contributed by atoms with Gasteiger partial charge in [0, 0.05) is 23.0 Å². The SMILES string of the molecule is C/C=C\C1=C(C)OCCN1CC(=O)N(c1cccc(F)c1)C1C(=O)N(C2CCCCC2)c2ccccc21.CC.CC. The Morgan fingerprint density at radius 1 is 1.05 bits per heavy atom. The number of rotatable bonds is 6. The summed E-state index contributed by atoms with van der Waals surface area (Å²) in [4.78, 5) is 33.7. The van der Waals surface area contributed by atoms with E-state index in [9.17, 15) is 14.0 Å². The van der Waals surface area contributed by atoms with Crippen LogP contribution in [-0.4, -0.2) is 42.5 Å². The zero-order valence-electron chi connectivity index (χ0n) is 25.5. The van der Waals surface area contributed by atoms with Gasteiger partial charge < -0.3 is 14.5 Å². The fourth-order valence-electron chi connectivity index (χ4n) is 5.86. The first-order valence-corrected chi connectivity index (χ1v) is 15.2. The van der Waals surface area contributed by atoms with Gasteiger partial charge in [0.25, 0.3) is 5.91 Å². The maximum absolute atomic E-state index is 14.4. The Morgan fingerprint density at radius 3 is 2.44 bits per heavy atom. The van der Waals surface area contributed by atoms with E-state index in [4.69, 9.17) is 4.74 Å². The van der Waals surface area contributed by atoms with Crippen molar-refractivity contribution in [1.82, 2.24) is 4.90 Å². The Hall–Kier alpha value is -3.61. The molecule has 0 saturated heterocycles. The van der Waals surface area contributed by atoms with Gasteiger partial charge in [-0.05, 0) is 57.0 Å². The monoisotopic (exact) mass is 563 g/mol. The van der Waals surface area contributed by atoms with Crippen molar-refractivity contribution in [3.05, 3.63) is 83.5 Å². The smallest absolute Gasteiger partial charge is 0.255 e. The lowest BCUT2D eigenvalue weighted by atomic mass is 9.94. The highest BCUT2D eigenvalue weighted by atomic mass is 19.1. The van der Waals surface area contributed by atoms with Gasteiger partial charge in [0.2, 0.25) is 5.91 Å². The van der Waals surface area contributed by atoms with E-state index in [0.29, 0.717) is 18.8 Å². The number of amides is 2. The van der Waals surface area contributed by atoms with E-state index in [2.05, 4.69) is 0 Å². The standard InChI is InChI=1S/C30H34FN3O3.2C2H6/c1-3-10-26-21(2)37-18-17-32(26)20-28(35)34(24-14-9-11-22(31)19-24)29-25-15-7-8-16-27(25)33(30(29)36)23-12-5-4-6-13-23;2*1-2/h3,7-11,14-16,19,23,29H,4-6,12-13,17-18,20H2,1-2H3;2*1-2H3/b10-3-;;. The van der Waals surface area contributed by atoms with Crippen LogP contribution in [0.15, 0.2) is 72.1 Å². The molecule has 2 amide bonds. The predicted molar refractivity (Wildman–Crippen MR) is 165 cm³/mol. The minimum Gasteiger partial charge on any atom is -0.494 e. The quantitative estimate of drug-likeness (QED) is 0.360. The fraction of sp³-hybridized carbons (Fsp3) is 0.471. The molecular formula is C34H46FN3O3. The Kier molecular flexibility index (Phi) is 12.0. The van der Waals surface area contributed by atoms with Crippen molar-refractivity contribution in [2.75, 3.05) is 29.5 Å². The summed E-state index contributed by atoms with van der Waals surface area (Å²) in [5.74, 6) is -0.0795. The molecule has 41 heavy (non-hydrogen) atoms. The molecule has 1 unspecified atom stereocenters. The van der Waals surface area contributed by atoms with E-state index in [1.165, 1.54) is 23.5 Å². The largest absolute Gasteiger partial charge is 0.494 e. The first-order chi connectivity index (χ1) is 20.0. The summed E-state index contributed by atoms with van der Waals surface area (Å²) < 4.78 is 20.1. The van der Waals surface area contributed by atoms with Crippen LogP contribution in [0.5, 0.6) is 0 Å². The van der Waals surface area contributed by atoms with Crippen LogP contribution in [0.2, 0.25) is 0 Å². The zero-order chi connectivity index (χ0) is 29.9. The maximum atomic E-state index is 14.4. The van der Waals surface area contributed by atoms with E-state index < -0.39 is 11.9 Å². The molecular weight excluding hydrogens is 517 g/mol. The molecule has 0 radical (unpaired) electrons. The number of nitrogens with zero attached hydrogens (tertiary/aromatic N) is 3. The number of hydrogen-bond acceptors (Lipinski definition) is 4. The lowest BCUT2D eigenvalue weighted by Crippen LogP contribution is -2.48. The first-order valence-electron chi connectivity index (χ1n) is 15.2. The molecule has 0 spiro atoms. The summed E-state index contributed by atoms with van der Waals surface area (Å²) in [6.45, 7) is 12.9. The third-order valence-electron chi connectivity index (χ3n) is 7.55. The predicted octanol–water partition coefficient (Wildman–Crippen LogP) is 7.77. The Balaban J connectivity index is 0.00000111. The molecule has 2 aromatic rings. The molecule has 5 rings (SSSR count). The van der Waals surface area contributed by atoms with E-state index >= 15 is 0 Å². The molecule has 2 aromatic carbocycles. The van der Waals surface area contributed by atoms with Crippen LogP contribution in [0.25, 0.3) is 0 Å². The Labute approximate surface area is 245 Å². The molecule has 1 saturated carbocycles. The fourth-order valence-corrected chi connectivity index (χ4v) is 5.86. The van der Waals surface area contributed by atoms with Gasteiger partial charge in [0.1, 0.15) is 24.2 Å². The molecule has 2 heterocycles. The van der Waals surface area contributed by atoms with Crippen molar-refractivity contribution in [2.24, 2.45) is 0 Å². The second-order valence-corrected chi connectivity index (χ2v) is 9.92. The number of carbonyl (C=O) groups is 2. The number of hydrogen-bond donors (Lipinski definition) is 0. The number of carbonyl (C=O) groups excluding carboxylic acids is 2. The number of para-hydroxylation sites is 1. The van der Waals surface area contributed by atoms with E-state index in [-0.39, 0.29) is 24.4 Å². The number of anilines is 2. The minimum atomic E-state index is -0.844. The van der Waals surface area contributed by atoms with Gasteiger partial charge in [-0.2, -0.15) is 0 Å². The summed E-state index contributed by atoms with van der Waals surface area (Å²) in [6.07, 6.45) is 9.09. The van der Waals surface area contributed by atoms with Gasteiger partial charge in [0.05, 0.1) is 18.8 Å². The van der Waals surface area contributed by atoms with E-state index in [1.807, 2.05) is 87.8 Å². The van der Waals surface area contributed by atoms with Crippen LogP contribution in [-0.2, 0) is 14.3 Å². The summed E-state index contributed by atoms with van der Waals surface area (Å²) in [6, 6.07) is 13.0. The van der Waals surface area contributed by atoms with Crippen molar-refractivity contribution >= 4 is 23.2 Å². The van der Waals surface area contributed by atoms with Crippen LogP contribution in [0.4, 0.5) is 15.8 Å². The van der Waals surface area contributed by atoms with Crippen molar-refractivity contribution in [3.63, 3.8) is 0 Å². The van der Waals surface area contributed by atoms with Crippen LogP contribution < -0.4 is 9.80 Å². The molecule has 0 N–H and O–H groups in total. The molecule has 2 aliphatic heterocycles. The average molecular weight is 564 g/mol. The second kappa shape index (κ2) is 15.4. The molecule has 1 atom stereocenters. The highest BCUT2D eigenvalue weighted by Gasteiger charge is 2.46. The Morgan fingerprint density at radius 2 is 1.76 bits per heavy atom. The molecule has 6 nitrogen and oxygen atoms in total. The van der Waals surface area contributed by atoms with Crippen molar-refractivity contribution in [3.8, 4) is 0 Å². The van der Waals surface area contributed by atoms with Crippen LogP contribution in [0.1, 0.15) is 85.3 Å². The molecule has 3 aliphatic rings. The van der Waals surface area contributed by atoms with Crippen LogP contribution in [0.3, 0.4) is 0 Å². The average Bonchev–Trinajstić information content (AvgIpc) is 3.29. The van der Waals surface area contributed by atoms with Gasteiger partial charge >= 0.3 is 0 Å². The Bertz CT molecular complexity index is 1240. The first kappa shape index (κ1) is 31.9. The summed E-state index contributed by atoms with van der Waals surface area (Å²) in [7, 11) is 0. The van der Waals surface area contributed by atoms with Crippen molar-refractivity contribution in [2.45, 2.75) is 85.7 Å². The number of ether oxygens (including phenoxy) is 1. The minimum absolute atomic E-state index is 0.0479. The number of allylic oxidation sites excluding steroid dienone is 3. The lowest BCUT2D eigenvalue weighted by Gasteiger charge is -2.35. The normalized spacial score (nSPS) is 18.7. The lowest BCUT2D eigenvalue weighted by molar-refractivity contribution is -0.125. The number of benzene rings is 2. The highest BCUT2D eigenvalue weighted by molar-refractivity contribution is 6.12. The maximum Gasteiger partial charge on any atom is 0.255 e.